The van der Waals surface area contributed by atoms with Crippen molar-refractivity contribution in [2.24, 2.45) is 5.10 Å². The molecule has 1 fully saturated rings. The Kier molecular flexibility index (Phi) is 5.51. The fourth-order valence-electron chi connectivity index (χ4n) is 1.97. The van der Waals surface area contributed by atoms with Crippen LogP contribution in [0.25, 0.3) is 0 Å². The van der Waals surface area contributed by atoms with E-state index < -0.39 is 11.7 Å². The van der Waals surface area contributed by atoms with Gasteiger partial charge in [-0.15, -0.1) is 0 Å². The third-order valence-electron chi connectivity index (χ3n) is 3.09. The molecule has 1 saturated heterocycles. The van der Waals surface area contributed by atoms with Crippen molar-refractivity contribution in [2.75, 3.05) is 32.8 Å². The molecule has 1 aromatic rings. The summed E-state index contributed by atoms with van der Waals surface area (Å²) < 4.78 is 42.8. The Hall–Kier alpha value is -1.93. The van der Waals surface area contributed by atoms with Gasteiger partial charge in [-0.3, -0.25) is 9.69 Å². The van der Waals surface area contributed by atoms with Crippen molar-refractivity contribution in [1.82, 2.24) is 10.3 Å². The largest absolute Gasteiger partial charge is 0.416 e. The number of nitrogens with zero attached hydrogens (tertiary/aromatic N) is 2. The van der Waals surface area contributed by atoms with Crippen LogP contribution in [-0.4, -0.2) is 49.9 Å². The minimum Gasteiger partial charge on any atom is -0.379 e. The van der Waals surface area contributed by atoms with Gasteiger partial charge in [-0.25, -0.2) is 5.43 Å². The van der Waals surface area contributed by atoms with E-state index in [2.05, 4.69) is 10.5 Å². The summed E-state index contributed by atoms with van der Waals surface area (Å²) in [6.07, 6.45) is -3.21. The molecule has 8 heteroatoms. The first kappa shape index (κ1) is 16.4. The fraction of sp³-hybridized carbons (Fsp3) is 0.429. The van der Waals surface area contributed by atoms with Crippen LogP contribution in [-0.2, 0) is 15.7 Å². The van der Waals surface area contributed by atoms with E-state index >= 15 is 0 Å². The molecule has 0 radical (unpaired) electrons. The lowest BCUT2D eigenvalue weighted by Crippen LogP contribution is -2.42. The molecule has 0 aliphatic carbocycles. The molecule has 1 aromatic carbocycles. The van der Waals surface area contributed by atoms with Crippen LogP contribution in [0.15, 0.2) is 29.4 Å². The van der Waals surface area contributed by atoms with E-state index in [4.69, 9.17) is 4.74 Å². The summed E-state index contributed by atoms with van der Waals surface area (Å²) in [4.78, 5) is 13.6. The van der Waals surface area contributed by atoms with Crippen molar-refractivity contribution in [3.63, 3.8) is 0 Å². The minimum absolute atomic E-state index is 0.184. The van der Waals surface area contributed by atoms with E-state index in [9.17, 15) is 18.0 Å². The Labute approximate surface area is 125 Å². The highest BCUT2D eigenvalue weighted by Gasteiger charge is 2.30. The summed E-state index contributed by atoms with van der Waals surface area (Å²) in [7, 11) is 0. The minimum atomic E-state index is -4.40. The molecule has 22 heavy (non-hydrogen) atoms. The van der Waals surface area contributed by atoms with Gasteiger partial charge in [0.2, 0.25) is 0 Å². The van der Waals surface area contributed by atoms with E-state index in [-0.39, 0.29) is 18.0 Å². The molecule has 2 rings (SSSR count). The molecule has 1 heterocycles. The second kappa shape index (κ2) is 7.37. The molecule has 0 bridgehead atoms. The third kappa shape index (κ3) is 5.12. The van der Waals surface area contributed by atoms with Crippen LogP contribution in [0.3, 0.4) is 0 Å². The second-order valence-corrected chi connectivity index (χ2v) is 4.80. The maximum Gasteiger partial charge on any atom is 0.416 e. The molecule has 5 nitrogen and oxygen atoms in total. The first-order chi connectivity index (χ1) is 10.4. The number of carbonyl (C=O) groups is 1. The lowest BCUT2D eigenvalue weighted by molar-refractivity contribution is -0.137. The van der Waals surface area contributed by atoms with Crippen LogP contribution in [0.4, 0.5) is 13.2 Å². The van der Waals surface area contributed by atoms with Gasteiger partial charge in [-0.05, 0) is 17.7 Å². The fourth-order valence-corrected chi connectivity index (χ4v) is 1.97. The lowest BCUT2D eigenvalue weighted by atomic mass is 10.1. The Bertz CT molecular complexity index is 540. The van der Waals surface area contributed by atoms with Crippen LogP contribution in [0.5, 0.6) is 0 Å². The van der Waals surface area contributed by atoms with E-state index in [1.54, 1.807) is 0 Å². The first-order valence-corrected chi connectivity index (χ1v) is 6.74. The maximum atomic E-state index is 12.5. The van der Waals surface area contributed by atoms with Crippen LogP contribution < -0.4 is 5.43 Å². The summed E-state index contributed by atoms with van der Waals surface area (Å²) in [6.45, 7) is 2.69. The van der Waals surface area contributed by atoms with Crippen molar-refractivity contribution < 1.29 is 22.7 Å². The molecule has 120 valence electrons. The first-order valence-electron chi connectivity index (χ1n) is 6.74. The molecular weight excluding hydrogens is 299 g/mol. The van der Waals surface area contributed by atoms with Crippen molar-refractivity contribution in [1.29, 1.82) is 0 Å². The standard InChI is InChI=1S/C14H16F3N3O2/c15-14(16,17)12-3-1-2-11(8-12)9-18-19-13(21)10-20-4-6-22-7-5-20/h1-3,8-9H,4-7,10H2,(H,19,21)/b18-9-. The maximum absolute atomic E-state index is 12.5. The monoisotopic (exact) mass is 315 g/mol. The van der Waals surface area contributed by atoms with E-state index in [0.29, 0.717) is 26.3 Å². The summed E-state index contributed by atoms with van der Waals surface area (Å²) in [6, 6.07) is 4.72. The zero-order chi connectivity index (χ0) is 16.0. The summed E-state index contributed by atoms with van der Waals surface area (Å²) in [5.41, 5.74) is 1.82. The number of rotatable bonds is 4. The Balaban J connectivity index is 1.85. The van der Waals surface area contributed by atoms with Gasteiger partial charge in [0.05, 0.1) is 31.5 Å². The van der Waals surface area contributed by atoms with E-state index in [1.165, 1.54) is 18.3 Å². The Morgan fingerprint density at radius 2 is 2.09 bits per heavy atom. The van der Waals surface area contributed by atoms with Crippen LogP contribution in [0, 0.1) is 0 Å². The molecular formula is C14H16F3N3O2. The molecule has 0 atom stereocenters. The highest BCUT2D eigenvalue weighted by Crippen LogP contribution is 2.29. The van der Waals surface area contributed by atoms with Gasteiger partial charge in [-0.1, -0.05) is 12.1 Å². The molecule has 0 unspecified atom stereocenters. The number of hydrogen-bond donors (Lipinski definition) is 1. The number of ether oxygens (including phenoxy) is 1. The average Bonchev–Trinajstić information content (AvgIpc) is 2.48. The normalized spacial score (nSPS) is 16.9. The van der Waals surface area contributed by atoms with Gasteiger partial charge in [0.15, 0.2) is 0 Å². The quantitative estimate of drug-likeness (QED) is 0.676. The van der Waals surface area contributed by atoms with Gasteiger partial charge in [0.25, 0.3) is 5.91 Å². The number of hydrazone groups is 1. The van der Waals surface area contributed by atoms with Crippen LogP contribution in [0.1, 0.15) is 11.1 Å². The Morgan fingerprint density at radius 1 is 1.36 bits per heavy atom. The van der Waals surface area contributed by atoms with Crippen molar-refractivity contribution in [3.05, 3.63) is 35.4 Å². The second-order valence-electron chi connectivity index (χ2n) is 4.80. The predicted octanol–water partition coefficient (Wildman–Crippen LogP) is 1.49. The van der Waals surface area contributed by atoms with Gasteiger partial charge in [0, 0.05) is 13.1 Å². The number of benzene rings is 1. The molecule has 1 aliphatic heterocycles. The molecule has 0 aromatic heterocycles. The summed E-state index contributed by atoms with van der Waals surface area (Å²) >= 11 is 0. The number of morpholine rings is 1. The highest BCUT2D eigenvalue weighted by molar-refractivity contribution is 5.83. The van der Waals surface area contributed by atoms with E-state index in [0.717, 1.165) is 12.1 Å². The number of carbonyl (C=O) groups excluding carboxylic acids is 1. The third-order valence-corrected chi connectivity index (χ3v) is 3.09. The van der Waals surface area contributed by atoms with Crippen LogP contribution >= 0.6 is 0 Å². The summed E-state index contributed by atoms with van der Waals surface area (Å²) in [5, 5.41) is 3.68. The number of halogens is 3. The van der Waals surface area contributed by atoms with Crippen molar-refractivity contribution in [3.8, 4) is 0 Å². The Morgan fingerprint density at radius 3 is 2.77 bits per heavy atom. The topological polar surface area (TPSA) is 53.9 Å². The number of alkyl halides is 3. The van der Waals surface area contributed by atoms with Crippen LogP contribution in [0.2, 0.25) is 0 Å². The molecule has 0 saturated carbocycles. The van der Waals surface area contributed by atoms with Gasteiger partial charge < -0.3 is 4.74 Å². The van der Waals surface area contributed by atoms with Gasteiger partial charge in [-0.2, -0.15) is 18.3 Å². The van der Waals surface area contributed by atoms with Gasteiger partial charge >= 0.3 is 6.18 Å². The zero-order valence-electron chi connectivity index (χ0n) is 11.8. The number of nitrogens with one attached hydrogen (secondary N) is 1. The SMILES string of the molecule is O=C(CN1CCOCC1)N/N=C\c1cccc(C(F)(F)F)c1. The average molecular weight is 315 g/mol. The lowest BCUT2D eigenvalue weighted by Gasteiger charge is -2.25. The summed E-state index contributed by atoms with van der Waals surface area (Å²) in [5.74, 6) is -0.315. The molecule has 0 spiro atoms. The molecule has 1 amide bonds. The molecule has 1 aliphatic rings. The van der Waals surface area contributed by atoms with Gasteiger partial charge in [0.1, 0.15) is 0 Å². The predicted molar refractivity (Wildman–Crippen MR) is 74.4 cm³/mol. The highest BCUT2D eigenvalue weighted by atomic mass is 19.4. The van der Waals surface area contributed by atoms with Crippen molar-refractivity contribution >= 4 is 12.1 Å². The smallest absolute Gasteiger partial charge is 0.379 e. The molecule has 1 N–H and O–H groups in total. The van der Waals surface area contributed by atoms with E-state index in [1.807, 2.05) is 4.90 Å². The zero-order valence-corrected chi connectivity index (χ0v) is 11.8. The van der Waals surface area contributed by atoms with Crippen molar-refractivity contribution in [2.45, 2.75) is 6.18 Å². The number of hydrogen-bond acceptors (Lipinski definition) is 4. The number of amides is 1.